The first kappa shape index (κ1) is 8.81. The maximum atomic E-state index is 10.6. The van der Waals surface area contributed by atoms with Crippen molar-refractivity contribution in [2.24, 2.45) is 0 Å². The van der Waals surface area contributed by atoms with Gasteiger partial charge in [0.05, 0.1) is 5.56 Å². The molecule has 1 rings (SSSR count). The van der Waals surface area contributed by atoms with Gasteiger partial charge in [-0.1, -0.05) is 29.8 Å². The zero-order chi connectivity index (χ0) is 8.97. The van der Waals surface area contributed by atoms with E-state index in [-0.39, 0.29) is 5.56 Å². The second-order valence-electron chi connectivity index (χ2n) is 2.19. The van der Waals surface area contributed by atoms with E-state index in [4.69, 9.17) is 16.7 Å². The molecule has 0 radical (unpaired) electrons. The van der Waals surface area contributed by atoms with Gasteiger partial charge < -0.3 is 5.11 Å². The van der Waals surface area contributed by atoms with E-state index in [1.165, 1.54) is 11.6 Å². The second-order valence-corrected chi connectivity index (χ2v) is 2.44. The van der Waals surface area contributed by atoms with Crippen molar-refractivity contribution in [1.82, 2.24) is 0 Å². The predicted molar refractivity (Wildman–Crippen MR) is 48.3 cm³/mol. The first-order valence-corrected chi connectivity index (χ1v) is 3.78. The van der Waals surface area contributed by atoms with Gasteiger partial charge in [0.15, 0.2) is 0 Å². The molecule has 0 saturated heterocycles. The fraction of sp³-hybridized carbons (Fsp3) is 0. The van der Waals surface area contributed by atoms with E-state index in [1.54, 1.807) is 24.3 Å². The normalized spacial score (nSPS) is 10.4. The second kappa shape index (κ2) is 3.93. The van der Waals surface area contributed by atoms with Crippen molar-refractivity contribution in [2.45, 2.75) is 0 Å². The number of aromatic carboxylic acids is 1. The van der Waals surface area contributed by atoms with Gasteiger partial charge in [0, 0.05) is 5.54 Å². The van der Waals surface area contributed by atoms with E-state index in [0.717, 1.165) is 0 Å². The molecule has 2 nitrogen and oxygen atoms in total. The van der Waals surface area contributed by atoms with Crippen LogP contribution in [-0.4, -0.2) is 11.1 Å². The van der Waals surface area contributed by atoms with Gasteiger partial charge in [-0.15, -0.1) is 0 Å². The van der Waals surface area contributed by atoms with Crippen molar-refractivity contribution in [3.63, 3.8) is 0 Å². The first-order chi connectivity index (χ1) is 5.75. The molecule has 0 aliphatic rings. The van der Waals surface area contributed by atoms with Crippen LogP contribution in [0.15, 0.2) is 29.8 Å². The largest absolute Gasteiger partial charge is 0.478 e. The lowest BCUT2D eigenvalue weighted by atomic mass is 10.1. The Morgan fingerprint density at radius 1 is 1.42 bits per heavy atom. The minimum atomic E-state index is -0.944. The standard InChI is InChI=1S/C9H7ClO2/c10-6-5-7-3-1-2-4-8(7)9(11)12/h1-6H,(H,11,12)/b6-5+. The molecule has 62 valence electrons. The average Bonchev–Trinajstić information content (AvgIpc) is 2.05. The monoisotopic (exact) mass is 182 g/mol. The number of rotatable bonds is 2. The third-order valence-corrected chi connectivity index (χ3v) is 1.56. The minimum Gasteiger partial charge on any atom is -0.478 e. The molecule has 1 N–H and O–H groups in total. The van der Waals surface area contributed by atoms with Gasteiger partial charge in [-0.05, 0) is 17.7 Å². The zero-order valence-corrected chi connectivity index (χ0v) is 6.95. The fourth-order valence-electron chi connectivity index (χ4n) is 0.905. The van der Waals surface area contributed by atoms with Crippen molar-refractivity contribution in [1.29, 1.82) is 0 Å². The van der Waals surface area contributed by atoms with Crippen LogP contribution < -0.4 is 0 Å². The summed E-state index contributed by atoms with van der Waals surface area (Å²) in [4.78, 5) is 10.6. The summed E-state index contributed by atoms with van der Waals surface area (Å²) in [5.74, 6) is -0.944. The molecule has 1 aromatic carbocycles. The summed E-state index contributed by atoms with van der Waals surface area (Å²) in [6.07, 6.45) is 1.55. The summed E-state index contributed by atoms with van der Waals surface area (Å²) in [5.41, 5.74) is 2.16. The van der Waals surface area contributed by atoms with Gasteiger partial charge in [0.1, 0.15) is 0 Å². The quantitative estimate of drug-likeness (QED) is 0.764. The molecule has 0 heterocycles. The SMILES string of the molecule is O=C(O)c1ccccc1/C=C/Cl. The van der Waals surface area contributed by atoms with Crippen LogP contribution in [0.4, 0.5) is 0 Å². The summed E-state index contributed by atoms with van der Waals surface area (Å²) in [7, 11) is 0. The Labute approximate surface area is 75.1 Å². The van der Waals surface area contributed by atoms with Gasteiger partial charge in [-0.25, -0.2) is 4.79 Å². The first-order valence-electron chi connectivity index (χ1n) is 3.35. The smallest absolute Gasteiger partial charge is 0.336 e. The summed E-state index contributed by atoms with van der Waals surface area (Å²) >= 11 is 5.34. The van der Waals surface area contributed by atoms with Gasteiger partial charge in [0.25, 0.3) is 0 Å². The molecule has 0 aliphatic heterocycles. The predicted octanol–water partition coefficient (Wildman–Crippen LogP) is 2.59. The highest BCUT2D eigenvalue weighted by Crippen LogP contribution is 2.10. The average molecular weight is 183 g/mol. The molecule has 0 aliphatic carbocycles. The van der Waals surface area contributed by atoms with Crippen LogP contribution in [0.5, 0.6) is 0 Å². The molecule has 0 fully saturated rings. The topological polar surface area (TPSA) is 37.3 Å². The van der Waals surface area contributed by atoms with Gasteiger partial charge in [-0.3, -0.25) is 0 Å². The summed E-state index contributed by atoms with van der Waals surface area (Å²) in [5, 5.41) is 8.72. The minimum absolute atomic E-state index is 0.259. The highest BCUT2D eigenvalue weighted by molar-refractivity contribution is 6.27. The number of carboxylic acid groups (broad SMARTS) is 1. The third-order valence-electron chi connectivity index (χ3n) is 1.43. The van der Waals surface area contributed by atoms with Crippen LogP contribution >= 0.6 is 11.6 Å². The van der Waals surface area contributed by atoms with Gasteiger partial charge in [-0.2, -0.15) is 0 Å². The number of hydrogen-bond donors (Lipinski definition) is 1. The van der Waals surface area contributed by atoms with Crippen LogP contribution in [0.1, 0.15) is 15.9 Å². The van der Waals surface area contributed by atoms with Crippen molar-refractivity contribution >= 4 is 23.6 Å². The fourth-order valence-corrected chi connectivity index (χ4v) is 1.04. The number of hydrogen-bond acceptors (Lipinski definition) is 1. The Morgan fingerprint density at radius 3 is 2.67 bits per heavy atom. The highest BCUT2D eigenvalue weighted by atomic mass is 35.5. The van der Waals surface area contributed by atoms with E-state index in [0.29, 0.717) is 5.56 Å². The Balaban J connectivity index is 3.17. The van der Waals surface area contributed by atoms with Crippen LogP contribution in [0.2, 0.25) is 0 Å². The summed E-state index contributed by atoms with van der Waals surface area (Å²) < 4.78 is 0. The molecule has 0 amide bonds. The molecule has 0 bridgehead atoms. The number of carbonyl (C=O) groups is 1. The summed E-state index contributed by atoms with van der Waals surface area (Å²) in [6, 6.07) is 6.67. The van der Waals surface area contributed by atoms with Crippen LogP contribution in [0.25, 0.3) is 6.08 Å². The lowest BCUT2D eigenvalue weighted by molar-refractivity contribution is 0.0696. The zero-order valence-electron chi connectivity index (χ0n) is 6.20. The molecular formula is C9H7ClO2. The maximum absolute atomic E-state index is 10.6. The van der Waals surface area contributed by atoms with E-state index in [1.807, 2.05) is 0 Å². The molecule has 3 heteroatoms. The van der Waals surface area contributed by atoms with Crippen molar-refractivity contribution in [3.05, 3.63) is 40.9 Å². The van der Waals surface area contributed by atoms with Crippen molar-refractivity contribution < 1.29 is 9.90 Å². The molecule has 0 atom stereocenters. The van der Waals surface area contributed by atoms with Crippen LogP contribution in [-0.2, 0) is 0 Å². The molecule has 0 unspecified atom stereocenters. The Hall–Kier alpha value is -1.28. The Morgan fingerprint density at radius 2 is 2.08 bits per heavy atom. The molecular weight excluding hydrogens is 176 g/mol. The molecule has 0 saturated carbocycles. The third kappa shape index (κ3) is 1.86. The number of carboxylic acids is 1. The van der Waals surface area contributed by atoms with E-state index in [2.05, 4.69) is 0 Å². The van der Waals surface area contributed by atoms with E-state index < -0.39 is 5.97 Å². The van der Waals surface area contributed by atoms with Crippen LogP contribution in [0.3, 0.4) is 0 Å². The number of benzene rings is 1. The van der Waals surface area contributed by atoms with Gasteiger partial charge >= 0.3 is 5.97 Å². The van der Waals surface area contributed by atoms with Crippen molar-refractivity contribution in [2.75, 3.05) is 0 Å². The highest BCUT2D eigenvalue weighted by Gasteiger charge is 2.05. The molecule has 12 heavy (non-hydrogen) atoms. The lowest BCUT2D eigenvalue weighted by Gasteiger charge is -1.98. The molecule has 0 aromatic heterocycles. The van der Waals surface area contributed by atoms with Crippen LogP contribution in [0, 0.1) is 0 Å². The summed E-state index contributed by atoms with van der Waals surface area (Å²) in [6.45, 7) is 0. The number of halogens is 1. The molecule has 0 spiro atoms. The van der Waals surface area contributed by atoms with E-state index >= 15 is 0 Å². The Kier molecular flexibility index (Phi) is 2.88. The lowest BCUT2D eigenvalue weighted by Crippen LogP contribution is -1.98. The molecule has 1 aromatic rings. The maximum Gasteiger partial charge on any atom is 0.336 e. The van der Waals surface area contributed by atoms with E-state index in [9.17, 15) is 4.79 Å². The Bertz CT molecular complexity index is 318. The van der Waals surface area contributed by atoms with Crippen molar-refractivity contribution in [3.8, 4) is 0 Å². The van der Waals surface area contributed by atoms with Gasteiger partial charge in [0.2, 0.25) is 0 Å².